The molecule has 0 amide bonds. The van der Waals surface area contributed by atoms with E-state index in [9.17, 15) is 42.5 Å². The number of halogens is 1. The lowest BCUT2D eigenvalue weighted by Gasteiger charge is -2.19. The van der Waals surface area contributed by atoms with Crippen LogP contribution in [0.2, 0.25) is 0 Å². The van der Waals surface area contributed by atoms with E-state index < -0.39 is 69.7 Å². The summed E-state index contributed by atoms with van der Waals surface area (Å²) in [6.07, 6.45) is -2.02. The van der Waals surface area contributed by atoms with E-state index in [-0.39, 0.29) is 25.2 Å². The number of carbonyl (C=O) groups is 4. The number of hydrogen-bond acceptors (Lipinski definition) is 6. The molecule has 2 aromatic rings. The van der Waals surface area contributed by atoms with E-state index in [0.717, 1.165) is 17.7 Å². The second-order valence-corrected chi connectivity index (χ2v) is 13.2. The molecule has 0 saturated heterocycles. The molecule has 14 nitrogen and oxygen atoms in total. The number of aryl methyl sites for hydroxylation is 1. The van der Waals surface area contributed by atoms with E-state index in [1.54, 1.807) is 24.3 Å². The Labute approximate surface area is 240 Å². The van der Waals surface area contributed by atoms with Crippen molar-refractivity contribution in [2.24, 2.45) is 0 Å². The second-order valence-electron chi connectivity index (χ2n) is 9.24. The summed E-state index contributed by atoms with van der Waals surface area (Å²) in [7, 11) is -7.97. The van der Waals surface area contributed by atoms with E-state index in [1.807, 2.05) is 6.92 Å². The molecule has 4 atom stereocenters. The average molecular weight is 634 g/mol. The highest BCUT2D eigenvalue weighted by atomic mass is 31.2. The van der Waals surface area contributed by atoms with Gasteiger partial charge in [0.15, 0.2) is 0 Å². The Morgan fingerprint density at radius 2 is 1.02 bits per heavy atom. The van der Waals surface area contributed by atoms with Crippen LogP contribution in [-0.2, 0) is 40.6 Å². The van der Waals surface area contributed by atoms with Crippen molar-refractivity contribution in [1.82, 2.24) is 10.2 Å². The van der Waals surface area contributed by atoms with Gasteiger partial charge in [0.25, 0.3) is 15.0 Å². The van der Waals surface area contributed by atoms with Gasteiger partial charge in [-0.1, -0.05) is 42.0 Å². The standard InChI is InChI=1S/C13H18NO6P.C12H15FNO6P/c1-9-2-4-10(5-3-9)8-21(19,20)14-11(13(17)18)6-7-12(15)16;13-9-3-1-8(2-4-9)7-21(19,20)14-10(12(17)18)5-6-11(15)16/h2-5,11H,6-8H2,1H3,(H,15,16)(H,17,18)(H2,14,19,20);1-4,10H,5-7H2,(H,15,16)(H,17,18)(H2,14,19,20). The van der Waals surface area contributed by atoms with Gasteiger partial charge in [0.05, 0.1) is 12.3 Å². The molecule has 2 rings (SSSR count). The lowest BCUT2D eigenvalue weighted by molar-refractivity contribution is -0.142. The molecule has 0 aromatic heterocycles. The molecule has 0 radical (unpaired) electrons. The van der Waals surface area contributed by atoms with Crippen molar-refractivity contribution in [2.75, 3.05) is 0 Å². The number of aliphatic carboxylic acids is 4. The third-order valence-corrected chi connectivity index (χ3v) is 8.45. The SMILES string of the molecule is Cc1ccc(CP(=O)(O)NC(CCC(=O)O)C(=O)O)cc1.O=C(O)CCC(NP(=O)(O)Cc1ccc(F)cc1)C(=O)O. The molecule has 232 valence electrons. The lowest BCUT2D eigenvalue weighted by Crippen LogP contribution is -2.35. The Morgan fingerprint density at radius 3 is 1.33 bits per heavy atom. The van der Waals surface area contributed by atoms with Crippen molar-refractivity contribution in [2.45, 2.75) is 57.0 Å². The van der Waals surface area contributed by atoms with Crippen LogP contribution in [0, 0.1) is 12.7 Å². The van der Waals surface area contributed by atoms with E-state index in [2.05, 4.69) is 10.2 Å². The van der Waals surface area contributed by atoms with Crippen LogP contribution in [0.3, 0.4) is 0 Å². The van der Waals surface area contributed by atoms with Gasteiger partial charge < -0.3 is 30.2 Å². The van der Waals surface area contributed by atoms with Gasteiger partial charge in [-0.25, -0.2) is 14.6 Å². The summed E-state index contributed by atoms with van der Waals surface area (Å²) in [5.74, 6) is -5.62. The third kappa shape index (κ3) is 15.5. The smallest absolute Gasteiger partial charge is 0.321 e. The van der Waals surface area contributed by atoms with Crippen molar-refractivity contribution >= 4 is 38.9 Å². The Morgan fingerprint density at radius 1 is 0.690 bits per heavy atom. The molecule has 0 saturated carbocycles. The average Bonchev–Trinajstić information content (AvgIpc) is 2.86. The lowest BCUT2D eigenvalue weighted by atomic mass is 10.2. The van der Waals surface area contributed by atoms with Gasteiger partial charge in [0, 0.05) is 12.8 Å². The Kier molecular flexibility index (Phi) is 14.7. The fourth-order valence-corrected chi connectivity index (χ4v) is 6.43. The number of benzene rings is 2. The largest absolute Gasteiger partial charge is 0.481 e. The highest BCUT2D eigenvalue weighted by Gasteiger charge is 2.29. The minimum absolute atomic E-state index is 0.218. The van der Waals surface area contributed by atoms with Crippen molar-refractivity contribution < 1.29 is 62.9 Å². The highest BCUT2D eigenvalue weighted by molar-refractivity contribution is 7.55. The van der Waals surface area contributed by atoms with E-state index in [4.69, 9.17) is 20.4 Å². The van der Waals surface area contributed by atoms with E-state index in [1.165, 1.54) is 12.1 Å². The molecule has 8 N–H and O–H groups in total. The van der Waals surface area contributed by atoms with Gasteiger partial charge in [-0.2, -0.15) is 0 Å². The summed E-state index contributed by atoms with van der Waals surface area (Å²) in [5.41, 5.74) is 1.96. The number of carboxylic acids is 4. The fraction of sp³-hybridized carbons (Fsp3) is 0.360. The van der Waals surface area contributed by atoms with Crippen LogP contribution in [-0.4, -0.2) is 66.2 Å². The van der Waals surface area contributed by atoms with Crippen LogP contribution in [0.25, 0.3) is 0 Å². The predicted molar refractivity (Wildman–Crippen MR) is 147 cm³/mol. The topological polar surface area (TPSA) is 248 Å². The summed E-state index contributed by atoms with van der Waals surface area (Å²) in [4.78, 5) is 62.5. The Bertz CT molecular complexity index is 1220. The zero-order chi connectivity index (χ0) is 32.1. The van der Waals surface area contributed by atoms with Crippen molar-refractivity contribution in [3.05, 3.63) is 71.0 Å². The number of rotatable bonds is 16. The van der Waals surface area contributed by atoms with Crippen LogP contribution in [0.5, 0.6) is 0 Å². The van der Waals surface area contributed by atoms with Gasteiger partial charge in [-0.15, -0.1) is 0 Å². The monoisotopic (exact) mass is 634 g/mol. The van der Waals surface area contributed by atoms with Gasteiger partial charge in [0.2, 0.25) is 0 Å². The molecular weight excluding hydrogens is 601 g/mol. The summed E-state index contributed by atoms with van der Waals surface area (Å²) in [5, 5.41) is 39.2. The molecule has 2 aromatic carbocycles. The molecule has 42 heavy (non-hydrogen) atoms. The minimum Gasteiger partial charge on any atom is -0.481 e. The van der Waals surface area contributed by atoms with Crippen LogP contribution in [0.1, 0.15) is 42.4 Å². The minimum atomic E-state index is -4.05. The Balaban J connectivity index is 0.000000420. The normalized spacial score (nSPS) is 15.1. The van der Waals surface area contributed by atoms with Crippen molar-refractivity contribution in [1.29, 1.82) is 0 Å². The molecule has 0 aliphatic heterocycles. The fourth-order valence-electron chi connectivity index (χ4n) is 3.38. The summed E-state index contributed by atoms with van der Waals surface area (Å²) >= 11 is 0. The molecule has 0 spiro atoms. The van der Waals surface area contributed by atoms with Crippen LogP contribution in [0.15, 0.2) is 48.5 Å². The van der Waals surface area contributed by atoms with Crippen LogP contribution < -0.4 is 10.2 Å². The van der Waals surface area contributed by atoms with Crippen LogP contribution >= 0.6 is 15.0 Å². The molecule has 4 unspecified atom stereocenters. The van der Waals surface area contributed by atoms with Crippen LogP contribution in [0.4, 0.5) is 4.39 Å². The van der Waals surface area contributed by atoms with Gasteiger partial charge in [0.1, 0.15) is 17.9 Å². The molecule has 0 aliphatic rings. The molecule has 0 aliphatic carbocycles. The molecule has 0 bridgehead atoms. The molecule has 0 fully saturated rings. The first-order valence-electron chi connectivity index (χ1n) is 12.3. The zero-order valence-electron chi connectivity index (χ0n) is 22.4. The summed E-state index contributed by atoms with van der Waals surface area (Å²) in [6, 6.07) is 8.99. The quantitative estimate of drug-likeness (QED) is 0.124. The van der Waals surface area contributed by atoms with Gasteiger partial charge >= 0.3 is 23.9 Å². The summed E-state index contributed by atoms with van der Waals surface area (Å²) < 4.78 is 36.8. The van der Waals surface area contributed by atoms with Crippen molar-refractivity contribution in [3.63, 3.8) is 0 Å². The maximum Gasteiger partial charge on any atom is 0.321 e. The molecular formula is C25H33FN2O12P2. The number of nitrogens with one attached hydrogen (secondary N) is 2. The second kappa shape index (κ2) is 16.9. The predicted octanol–water partition coefficient (Wildman–Crippen LogP) is 3.01. The maximum absolute atomic E-state index is 12.7. The van der Waals surface area contributed by atoms with E-state index >= 15 is 0 Å². The first kappa shape index (κ1) is 36.6. The highest BCUT2D eigenvalue weighted by Crippen LogP contribution is 2.41. The van der Waals surface area contributed by atoms with E-state index in [0.29, 0.717) is 11.1 Å². The Hall–Kier alpha value is -3.45. The number of carboxylic acid groups (broad SMARTS) is 4. The molecule has 0 heterocycles. The van der Waals surface area contributed by atoms with Crippen molar-refractivity contribution in [3.8, 4) is 0 Å². The first-order valence-corrected chi connectivity index (χ1v) is 16.0. The number of hydrogen-bond donors (Lipinski definition) is 8. The van der Waals surface area contributed by atoms with Gasteiger partial charge in [-0.05, 0) is 43.0 Å². The third-order valence-electron chi connectivity index (χ3n) is 5.43. The summed E-state index contributed by atoms with van der Waals surface area (Å²) in [6.45, 7) is 1.88. The molecule has 17 heteroatoms. The first-order chi connectivity index (χ1) is 19.4. The van der Waals surface area contributed by atoms with Gasteiger partial charge in [-0.3, -0.25) is 28.3 Å². The zero-order valence-corrected chi connectivity index (χ0v) is 24.2. The maximum atomic E-state index is 12.7.